The van der Waals surface area contributed by atoms with Crippen molar-refractivity contribution in [1.82, 2.24) is 19.4 Å². The number of fused-ring (bicyclic) bond motifs is 3. The average molecular weight is 703 g/mol. The molecule has 0 aliphatic carbocycles. The van der Waals surface area contributed by atoms with Gasteiger partial charge in [-0.15, -0.1) is 0 Å². The zero-order valence-electron chi connectivity index (χ0n) is 29.9. The van der Waals surface area contributed by atoms with E-state index in [-0.39, 0.29) is 0 Å². The van der Waals surface area contributed by atoms with Gasteiger partial charge in [0.25, 0.3) is 0 Å². The van der Waals surface area contributed by atoms with Gasteiger partial charge in [0.05, 0.1) is 17.1 Å². The molecule has 0 aliphatic rings. The van der Waals surface area contributed by atoms with Crippen molar-refractivity contribution in [2.75, 3.05) is 0 Å². The fraction of sp³-hybridized carbons (Fsp3) is 0. The highest BCUT2D eigenvalue weighted by molar-refractivity contribution is 6.06. The Hall–Kier alpha value is -7.43. The summed E-state index contributed by atoms with van der Waals surface area (Å²) in [5.41, 5.74) is 13.4. The monoisotopic (exact) mass is 702 g/mol. The molecule has 3 aromatic heterocycles. The van der Waals surface area contributed by atoms with Crippen molar-refractivity contribution >= 4 is 16.4 Å². The molecule has 0 radical (unpaired) electrons. The van der Waals surface area contributed by atoms with Crippen LogP contribution in [0.15, 0.2) is 206 Å². The lowest BCUT2D eigenvalue weighted by atomic mass is 9.97. The van der Waals surface area contributed by atoms with E-state index in [0.717, 1.165) is 67.1 Å². The van der Waals surface area contributed by atoms with Crippen LogP contribution in [0.4, 0.5) is 0 Å². The number of hydrogen-bond donors (Lipinski definition) is 0. The summed E-state index contributed by atoms with van der Waals surface area (Å²) in [5.74, 6) is 1.49. The largest absolute Gasteiger partial charge is 0.275 e. The molecule has 0 N–H and O–H groups in total. The van der Waals surface area contributed by atoms with E-state index < -0.39 is 0 Å². The zero-order chi connectivity index (χ0) is 36.6. The van der Waals surface area contributed by atoms with Gasteiger partial charge in [-0.05, 0) is 45.5 Å². The van der Waals surface area contributed by atoms with Crippen LogP contribution in [0.5, 0.6) is 0 Å². The van der Waals surface area contributed by atoms with Crippen LogP contribution in [0.1, 0.15) is 0 Å². The molecule has 7 aromatic carbocycles. The molecule has 0 atom stereocenters. The van der Waals surface area contributed by atoms with E-state index in [0.29, 0.717) is 5.82 Å². The van der Waals surface area contributed by atoms with Crippen molar-refractivity contribution in [2.45, 2.75) is 0 Å². The van der Waals surface area contributed by atoms with Crippen molar-refractivity contribution < 1.29 is 0 Å². The first kappa shape index (κ1) is 32.2. The Labute approximate surface area is 319 Å². The van der Waals surface area contributed by atoms with E-state index in [1.807, 2.05) is 30.3 Å². The van der Waals surface area contributed by atoms with Crippen LogP contribution in [-0.4, -0.2) is 19.4 Å². The molecule has 0 fully saturated rings. The van der Waals surface area contributed by atoms with Gasteiger partial charge in [0.15, 0.2) is 5.82 Å². The normalized spacial score (nSPS) is 11.3. The molecule has 0 amide bonds. The van der Waals surface area contributed by atoms with Crippen molar-refractivity contribution in [3.8, 4) is 78.8 Å². The van der Waals surface area contributed by atoms with E-state index in [1.54, 1.807) is 0 Å². The van der Waals surface area contributed by atoms with E-state index in [4.69, 9.17) is 15.0 Å². The van der Waals surface area contributed by atoms with Crippen molar-refractivity contribution in [2.24, 2.45) is 0 Å². The molecule has 0 aliphatic heterocycles. The first-order chi connectivity index (χ1) is 27.3. The topological polar surface area (TPSA) is 43.1 Å². The van der Waals surface area contributed by atoms with Crippen LogP contribution < -0.4 is 0 Å². The lowest BCUT2D eigenvalue weighted by Crippen LogP contribution is -2.04. The zero-order valence-corrected chi connectivity index (χ0v) is 29.9. The summed E-state index contributed by atoms with van der Waals surface area (Å²) in [6.07, 6.45) is 0. The fourth-order valence-corrected chi connectivity index (χ4v) is 7.49. The number of rotatable bonds is 7. The Kier molecular flexibility index (Phi) is 8.12. The molecule has 10 aromatic rings. The van der Waals surface area contributed by atoms with Crippen molar-refractivity contribution in [3.05, 3.63) is 206 Å². The van der Waals surface area contributed by atoms with Gasteiger partial charge in [0, 0.05) is 27.5 Å². The smallest absolute Gasteiger partial charge is 0.163 e. The molecular formula is C51H34N4. The summed E-state index contributed by atoms with van der Waals surface area (Å²) in [6, 6.07) is 72.1. The summed E-state index contributed by atoms with van der Waals surface area (Å²) in [7, 11) is 0. The molecule has 4 nitrogen and oxygen atoms in total. The lowest BCUT2D eigenvalue weighted by molar-refractivity contribution is 1.05. The minimum Gasteiger partial charge on any atom is -0.275 e. The third kappa shape index (κ3) is 6.06. The van der Waals surface area contributed by atoms with E-state index in [9.17, 15) is 0 Å². The summed E-state index contributed by atoms with van der Waals surface area (Å²) in [6.45, 7) is 0. The maximum atomic E-state index is 5.48. The second-order valence-electron chi connectivity index (χ2n) is 13.7. The molecule has 10 rings (SSSR count). The van der Waals surface area contributed by atoms with Gasteiger partial charge in [0.2, 0.25) is 0 Å². The maximum Gasteiger partial charge on any atom is 0.163 e. The highest BCUT2D eigenvalue weighted by Crippen LogP contribution is 2.40. The summed E-state index contributed by atoms with van der Waals surface area (Å²) in [5, 5.41) is 2.11. The van der Waals surface area contributed by atoms with Gasteiger partial charge < -0.3 is 0 Å². The van der Waals surface area contributed by atoms with Crippen LogP contribution in [0.25, 0.3) is 95.2 Å². The molecule has 0 spiro atoms. The highest BCUT2D eigenvalue weighted by Gasteiger charge is 2.23. The summed E-state index contributed by atoms with van der Waals surface area (Å²) >= 11 is 0. The van der Waals surface area contributed by atoms with Gasteiger partial charge in [-0.2, -0.15) is 0 Å². The molecular weight excluding hydrogens is 669 g/mol. The summed E-state index contributed by atoms with van der Waals surface area (Å²) < 4.78 is 2.21. The van der Waals surface area contributed by atoms with E-state index in [2.05, 4.69) is 180 Å². The third-order valence-electron chi connectivity index (χ3n) is 10.2. The first-order valence-electron chi connectivity index (χ1n) is 18.5. The average Bonchev–Trinajstić information content (AvgIpc) is 3.62. The molecule has 55 heavy (non-hydrogen) atoms. The molecule has 3 heterocycles. The van der Waals surface area contributed by atoms with Crippen molar-refractivity contribution in [3.63, 3.8) is 0 Å². The number of aromatic nitrogens is 4. The third-order valence-corrected chi connectivity index (χ3v) is 10.2. The Morgan fingerprint density at radius 1 is 0.291 bits per heavy atom. The Morgan fingerprint density at radius 2 is 0.709 bits per heavy atom. The Morgan fingerprint density at radius 3 is 1.27 bits per heavy atom. The van der Waals surface area contributed by atoms with Crippen molar-refractivity contribution in [1.29, 1.82) is 0 Å². The first-order valence-corrected chi connectivity index (χ1v) is 18.5. The molecule has 0 saturated heterocycles. The lowest BCUT2D eigenvalue weighted by Gasteiger charge is -2.14. The van der Waals surface area contributed by atoms with Gasteiger partial charge >= 0.3 is 0 Å². The molecule has 0 bridgehead atoms. The number of pyridine rings is 1. The standard InChI is InChI=1S/C51H34N4/c1-5-15-35(16-6-1)37-25-27-39(28-26-37)43-33-46(40-31-29-38(30-32-40)36-17-7-2-8-18-36)52-47(34-43)48-44-23-13-14-24-45(44)51-54-49(41-19-9-3-10-20-41)53-50(55(48)51)42-21-11-4-12-22-42/h1-34H. The number of hydrogen-bond acceptors (Lipinski definition) is 3. The van der Waals surface area contributed by atoms with Crippen LogP contribution in [0.3, 0.4) is 0 Å². The van der Waals surface area contributed by atoms with E-state index >= 15 is 0 Å². The number of benzene rings is 7. The van der Waals surface area contributed by atoms with E-state index in [1.165, 1.54) is 22.3 Å². The fourth-order valence-electron chi connectivity index (χ4n) is 7.49. The van der Waals surface area contributed by atoms with Gasteiger partial charge in [-0.3, -0.25) is 4.40 Å². The van der Waals surface area contributed by atoms with Crippen LogP contribution >= 0.6 is 0 Å². The van der Waals surface area contributed by atoms with Gasteiger partial charge in [-0.1, -0.05) is 194 Å². The maximum absolute atomic E-state index is 5.48. The Bertz CT molecular complexity index is 2820. The quantitative estimate of drug-likeness (QED) is 0.166. The second kappa shape index (κ2) is 13.8. The van der Waals surface area contributed by atoms with Crippen LogP contribution in [-0.2, 0) is 0 Å². The molecule has 0 unspecified atom stereocenters. The minimum absolute atomic E-state index is 0.682. The minimum atomic E-state index is 0.682. The molecule has 258 valence electrons. The molecule has 0 saturated carbocycles. The number of nitrogens with zero attached hydrogens (tertiary/aromatic N) is 4. The predicted molar refractivity (Wildman–Crippen MR) is 226 cm³/mol. The van der Waals surface area contributed by atoms with Crippen LogP contribution in [0, 0.1) is 0 Å². The predicted octanol–water partition coefficient (Wildman–Crippen LogP) is 12.9. The molecule has 4 heteroatoms. The van der Waals surface area contributed by atoms with Gasteiger partial charge in [0.1, 0.15) is 11.5 Å². The second-order valence-corrected chi connectivity index (χ2v) is 13.7. The highest BCUT2D eigenvalue weighted by atomic mass is 15.1. The summed E-state index contributed by atoms with van der Waals surface area (Å²) in [4.78, 5) is 16.0. The van der Waals surface area contributed by atoms with Gasteiger partial charge in [-0.25, -0.2) is 15.0 Å². The van der Waals surface area contributed by atoms with Crippen LogP contribution in [0.2, 0.25) is 0 Å². The SMILES string of the molecule is c1ccc(-c2ccc(-c3cc(-c4ccc(-c5ccccc5)cc4)nc(-c4c5ccccc5c5nc(-c6ccccc6)nc(-c6ccccc6)n45)c3)cc2)cc1. The Balaban J connectivity index is 1.22.